The first-order valence-electron chi connectivity index (χ1n) is 7.45. The molecule has 3 rings (SSSR count). The topological polar surface area (TPSA) is 51.1 Å². The molecule has 1 aromatic heterocycles. The summed E-state index contributed by atoms with van der Waals surface area (Å²) in [5.74, 6) is -1.21. The summed E-state index contributed by atoms with van der Waals surface area (Å²) in [6.45, 7) is 0.272. The minimum Gasteiger partial charge on any atom is -0.345 e. The van der Waals surface area contributed by atoms with E-state index in [0.29, 0.717) is 10.7 Å². The number of Topliss-reactive ketones (excluding diaryl/α,β-unsaturated/α-hetero) is 1. The van der Waals surface area contributed by atoms with Gasteiger partial charge in [0.25, 0.3) is 11.7 Å². The van der Waals surface area contributed by atoms with Crippen molar-refractivity contribution in [2.24, 2.45) is 0 Å². The minimum atomic E-state index is -0.638. The predicted molar refractivity (Wildman–Crippen MR) is 93.4 cm³/mol. The molecule has 0 unspecified atom stereocenters. The zero-order chi connectivity index (χ0) is 16.9. The number of para-hydroxylation sites is 1. The van der Waals surface area contributed by atoms with Gasteiger partial charge in [-0.15, -0.1) is 0 Å². The molecule has 0 atom stereocenters. The molecule has 2 aromatic carbocycles. The molecule has 0 aliphatic carbocycles. The average Bonchev–Trinajstić information content (AvgIpc) is 3.11. The second-order valence-electron chi connectivity index (χ2n) is 5.24. The molecule has 1 amide bonds. The third-order valence-electron chi connectivity index (χ3n) is 3.59. The maximum absolute atomic E-state index is 12.4. The van der Waals surface area contributed by atoms with E-state index < -0.39 is 11.7 Å². The molecule has 0 saturated heterocycles. The van der Waals surface area contributed by atoms with Gasteiger partial charge in [-0.05, 0) is 42.0 Å². The van der Waals surface area contributed by atoms with Crippen LogP contribution in [0.5, 0.6) is 0 Å². The summed E-state index contributed by atoms with van der Waals surface area (Å²) < 4.78 is 1.70. The lowest BCUT2D eigenvalue weighted by atomic mass is 10.2. The molecule has 0 aliphatic heterocycles. The van der Waals surface area contributed by atoms with E-state index in [-0.39, 0.29) is 6.54 Å². The minimum absolute atomic E-state index is 0.272. The number of carbonyl (C=O) groups is 2. The summed E-state index contributed by atoms with van der Waals surface area (Å²) in [4.78, 5) is 24.6. The van der Waals surface area contributed by atoms with Gasteiger partial charge in [0.1, 0.15) is 0 Å². The van der Waals surface area contributed by atoms with Crippen molar-refractivity contribution in [2.75, 3.05) is 0 Å². The van der Waals surface area contributed by atoms with Crippen LogP contribution < -0.4 is 5.32 Å². The highest BCUT2D eigenvalue weighted by Crippen LogP contribution is 2.13. The van der Waals surface area contributed by atoms with Crippen molar-refractivity contribution in [3.05, 3.63) is 89.2 Å². The number of carbonyl (C=O) groups excluding carboxylic acids is 2. The Morgan fingerprint density at radius 1 is 0.917 bits per heavy atom. The number of rotatable bonds is 5. The molecule has 0 bridgehead atoms. The molecule has 24 heavy (non-hydrogen) atoms. The van der Waals surface area contributed by atoms with Crippen molar-refractivity contribution < 1.29 is 9.59 Å². The van der Waals surface area contributed by atoms with E-state index in [2.05, 4.69) is 5.32 Å². The smallest absolute Gasteiger partial charge is 0.294 e. The third-order valence-corrected chi connectivity index (χ3v) is 3.84. The number of benzene rings is 2. The molecule has 4 nitrogen and oxygen atoms in total. The average molecular weight is 339 g/mol. The lowest BCUT2D eigenvalue weighted by molar-refractivity contribution is -0.117. The van der Waals surface area contributed by atoms with E-state index in [4.69, 9.17) is 11.6 Å². The molecule has 3 aromatic rings. The standard InChI is InChI=1S/C19H15ClN2O2/c20-15-10-8-14(9-11-15)13-21-19(24)18(23)17-7-4-12-22(17)16-5-2-1-3-6-16/h1-12H,13H2,(H,21,24). The zero-order valence-electron chi connectivity index (χ0n) is 12.8. The Bertz CT molecular complexity index is 855. The number of amides is 1. The lowest BCUT2D eigenvalue weighted by Crippen LogP contribution is -2.31. The number of halogens is 1. The molecule has 0 aliphatic rings. The van der Waals surface area contributed by atoms with E-state index in [1.165, 1.54) is 0 Å². The monoisotopic (exact) mass is 338 g/mol. The van der Waals surface area contributed by atoms with E-state index in [0.717, 1.165) is 11.3 Å². The van der Waals surface area contributed by atoms with Gasteiger partial charge in [-0.3, -0.25) is 9.59 Å². The van der Waals surface area contributed by atoms with E-state index >= 15 is 0 Å². The molecule has 0 saturated carbocycles. The quantitative estimate of drug-likeness (QED) is 0.570. The fourth-order valence-corrected chi connectivity index (χ4v) is 2.49. The van der Waals surface area contributed by atoms with Crippen LogP contribution in [-0.2, 0) is 11.3 Å². The summed E-state index contributed by atoms with van der Waals surface area (Å²) in [5, 5.41) is 3.27. The Kier molecular flexibility index (Phi) is 4.77. The van der Waals surface area contributed by atoms with Crippen molar-refractivity contribution in [2.45, 2.75) is 6.54 Å². The normalized spacial score (nSPS) is 10.4. The van der Waals surface area contributed by atoms with Gasteiger partial charge in [-0.25, -0.2) is 0 Å². The Balaban J connectivity index is 1.72. The van der Waals surface area contributed by atoms with Gasteiger partial charge in [0.15, 0.2) is 0 Å². The summed E-state index contributed by atoms with van der Waals surface area (Å²) in [5.41, 5.74) is 2.03. The van der Waals surface area contributed by atoms with Crippen LogP contribution in [0.4, 0.5) is 0 Å². The van der Waals surface area contributed by atoms with Crippen molar-refractivity contribution in [1.82, 2.24) is 9.88 Å². The van der Waals surface area contributed by atoms with Gasteiger partial charge >= 0.3 is 0 Å². The van der Waals surface area contributed by atoms with E-state index in [1.807, 2.05) is 30.3 Å². The molecule has 5 heteroatoms. The summed E-state index contributed by atoms with van der Waals surface area (Å²) in [6, 6.07) is 19.9. The maximum Gasteiger partial charge on any atom is 0.294 e. The molecule has 1 heterocycles. The molecular weight excluding hydrogens is 324 g/mol. The molecule has 1 N–H and O–H groups in total. The van der Waals surface area contributed by atoms with Crippen LogP contribution in [0.15, 0.2) is 72.9 Å². The maximum atomic E-state index is 12.4. The lowest BCUT2D eigenvalue weighted by Gasteiger charge is -2.09. The number of hydrogen-bond acceptors (Lipinski definition) is 2. The van der Waals surface area contributed by atoms with Crippen molar-refractivity contribution >= 4 is 23.3 Å². The van der Waals surface area contributed by atoms with Crippen molar-refractivity contribution in [3.63, 3.8) is 0 Å². The Hall–Kier alpha value is -2.85. The van der Waals surface area contributed by atoms with Gasteiger partial charge in [-0.2, -0.15) is 0 Å². The Labute approximate surface area is 144 Å². The highest BCUT2D eigenvalue weighted by atomic mass is 35.5. The molecule has 0 spiro atoms. The third kappa shape index (κ3) is 3.55. The van der Waals surface area contributed by atoms with Gasteiger partial charge in [-0.1, -0.05) is 41.9 Å². The first-order chi connectivity index (χ1) is 11.6. The molecule has 0 fully saturated rings. The SMILES string of the molecule is O=C(NCc1ccc(Cl)cc1)C(=O)c1cccn1-c1ccccc1. The van der Waals surface area contributed by atoms with Crippen LogP contribution in [0.2, 0.25) is 5.02 Å². The highest BCUT2D eigenvalue weighted by molar-refractivity contribution is 6.42. The van der Waals surface area contributed by atoms with Crippen LogP contribution in [0.1, 0.15) is 16.1 Å². The van der Waals surface area contributed by atoms with Crippen LogP contribution >= 0.6 is 11.6 Å². The van der Waals surface area contributed by atoms with Crippen LogP contribution in [0.3, 0.4) is 0 Å². The van der Waals surface area contributed by atoms with Crippen LogP contribution in [0, 0.1) is 0 Å². The van der Waals surface area contributed by atoms with Gasteiger partial charge in [0.2, 0.25) is 0 Å². The van der Waals surface area contributed by atoms with Crippen LogP contribution in [-0.4, -0.2) is 16.3 Å². The number of nitrogens with zero attached hydrogens (tertiary/aromatic N) is 1. The molecular formula is C19H15ClN2O2. The fourth-order valence-electron chi connectivity index (χ4n) is 2.36. The van der Waals surface area contributed by atoms with Crippen LogP contribution in [0.25, 0.3) is 5.69 Å². The Morgan fingerprint density at radius 3 is 2.33 bits per heavy atom. The van der Waals surface area contributed by atoms with Gasteiger partial charge in [0.05, 0.1) is 5.69 Å². The summed E-state index contributed by atoms with van der Waals surface area (Å²) in [7, 11) is 0. The first-order valence-corrected chi connectivity index (χ1v) is 7.83. The zero-order valence-corrected chi connectivity index (χ0v) is 13.5. The number of hydrogen-bond donors (Lipinski definition) is 1. The number of ketones is 1. The van der Waals surface area contributed by atoms with Crippen molar-refractivity contribution in [3.8, 4) is 5.69 Å². The molecule has 0 radical (unpaired) electrons. The number of nitrogens with one attached hydrogen (secondary N) is 1. The van der Waals surface area contributed by atoms with E-state index in [9.17, 15) is 9.59 Å². The second-order valence-corrected chi connectivity index (χ2v) is 5.67. The van der Waals surface area contributed by atoms with Crippen molar-refractivity contribution in [1.29, 1.82) is 0 Å². The predicted octanol–water partition coefficient (Wildman–Crippen LogP) is 3.63. The highest BCUT2D eigenvalue weighted by Gasteiger charge is 2.19. The summed E-state index contributed by atoms with van der Waals surface area (Å²) in [6.07, 6.45) is 1.76. The van der Waals surface area contributed by atoms with E-state index in [1.54, 1.807) is 47.2 Å². The second kappa shape index (κ2) is 7.15. The van der Waals surface area contributed by atoms with Gasteiger partial charge < -0.3 is 9.88 Å². The first kappa shape index (κ1) is 16.0. The largest absolute Gasteiger partial charge is 0.345 e. The molecule has 120 valence electrons. The Morgan fingerprint density at radius 2 is 1.62 bits per heavy atom. The summed E-state index contributed by atoms with van der Waals surface area (Å²) >= 11 is 5.82. The fraction of sp³-hybridized carbons (Fsp3) is 0.0526. The van der Waals surface area contributed by atoms with Gasteiger partial charge in [0, 0.05) is 23.5 Å². The number of aromatic nitrogens is 1.